The maximum atomic E-state index is 12.9. The van der Waals surface area contributed by atoms with Crippen molar-refractivity contribution in [3.63, 3.8) is 0 Å². The maximum Gasteiger partial charge on any atom is 0.264 e. The molecular weight excluding hydrogens is 408 g/mol. The topological polar surface area (TPSA) is 88.2 Å². The van der Waals surface area contributed by atoms with E-state index >= 15 is 0 Å². The van der Waals surface area contributed by atoms with Gasteiger partial charge in [-0.3, -0.25) is 14.2 Å². The van der Waals surface area contributed by atoms with E-state index in [-0.39, 0.29) is 23.3 Å². The first-order chi connectivity index (χ1) is 14.5. The van der Waals surface area contributed by atoms with Crippen molar-refractivity contribution >= 4 is 28.4 Å². The van der Waals surface area contributed by atoms with Gasteiger partial charge >= 0.3 is 0 Å². The summed E-state index contributed by atoms with van der Waals surface area (Å²) in [7, 11) is 2.98. The van der Waals surface area contributed by atoms with Crippen LogP contribution in [-0.4, -0.2) is 39.3 Å². The van der Waals surface area contributed by atoms with Gasteiger partial charge in [-0.15, -0.1) is 0 Å². The molecule has 2 heterocycles. The molecule has 2 aromatic heterocycles. The Morgan fingerprint density at radius 3 is 2.67 bits per heavy atom. The molecule has 0 atom stereocenters. The lowest BCUT2D eigenvalue weighted by Gasteiger charge is -2.11. The molecule has 0 spiro atoms. The minimum Gasteiger partial charge on any atom is -0.497 e. The Morgan fingerprint density at radius 2 is 1.93 bits per heavy atom. The monoisotopic (exact) mass is 424 g/mol. The van der Waals surface area contributed by atoms with Gasteiger partial charge in [-0.1, -0.05) is 23.7 Å². The molecule has 30 heavy (non-hydrogen) atoms. The third-order valence-electron chi connectivity index (χ3n) is 4.66. The number of benzene rings is 2. The largest absolute Gasteiger partial charge is 0.497 e. The molecule has 2 aromatic carbocycles. The predicted octanol–water partition coefficient (Wildman–Crippen LogP) is 3.14. The number of para-hydroxylation sites is 1. The van der Waals surface area contributed by atoms with Crippen LogP contribution in [0.3, 0.4) is 0 Å². The summed E-state index contributed by atoms with van der Waals surface area (Å²) in [6, 6.07) is 12.0. The van der Waals surface area contributed by atoms with E-state index in [0.717, 1.165) is 0 Å². The standard InChI is InChI=1S/C21H17ClN4O4/c1-29-13-7-8-19(30-2)14(9-13)18(27)11-25-12-23-20-15(21(25)28)10-24-26(20)17-6-4-3-5-16(17)22/h3-10,12H,11H2,1-2H3. The molecule has 0 saturated carbocycles. The molecule has 0 amide bonds. The molecule has 0 radical (unpaired) electrons. The summed E-state index contributed by atoms with van der Waals surface area (Å²) in [4.78, 5) is 30.1. The van der Waals surface area contributed by atoms with E-state index in [1.165, 1.54) is 36.0 Å². The van der Waals surface area contributed by atoms with Gasteiger partial charge in [-0.2, -0.15) is 5.10 Å². The third-order valence-corrected chi connectivity index (χ3v) is 4.98. The Bertz CT molecular complexity index is 1310. The van der Waals surface area contributed by atoms with Crippen molar-refractivity contribution in [2.45, 2.75) is 6.54 Å². The molecular formula is C21H17ClN4O4. The molecule has 0 fully saturated rings. The fourth-order valence-electron chi connectivity index (χ4n) is 3.13. The number of fused-ring (bicyclic) bond motifs is 1. The number of ether oxygens (including phenoxy) is 2. The third kappa shape index (κ3) is 3.42. The van der Waals surface area contributed by atoms with Crippen LogP contribution < -0.4 is 15.0 Å². The normalized spacial score (nSPS) is 10.9. The van der Waals surface area contributed by atoms with Crippen LogP contribution in [0.25, 0.3) is 16.7 Å². The van der Waals surface area contributed by atoms with Crippen molar-refractivity contribution in [3.05, 3.63) is 75.9 Å². The fraction of sp³-hybridized carbons (Fsp3) is 0.143. The van der Waals surface area contributed by atoms with Gasteiger partial charge in [0.1, 0.15) is 23.2 Å². The number of aromatic nitrogens is 4. The van der Waals surface area contributed by atoms with Gasteiger partial charge < -0.3 is 9.47 Å². The second-order valence-corrected chi connectivity index (χ2v) is 6.82. The Balaban J connectivity index is 1.72. The number of hydrogen-bond acceptors (Lipinski definition) is 6. The molecule has 0 aliphatic carbocycles. The van der Waals surface area contributed by atoms with Crippen LogP contribution in [0.4, 0.5) is 0 Å². The fourth-order valence-corrected chi connectivity index (χ4v) is 3.35. The zero-order chi connectivity index (χ0) is 21.3. The van der Waals surface area contributed by atoms with Crippen molar-refractivity contribution in [1.29, 1.82) is 0 Å². The van der Waals surface area contributed by atoms with E-state index in [2.05, 4.69) is 10.1 Å². The highest BCUT2D eigenvalue weighted by Crippen LogP contribution is 2.25. The van der Waals surface area contributed by atoms with Crippen LogP contribution in [0.1, 0.15) is 10.4 Å². The number of nitrogens with zero attached hydrogens (tertiary/aromatic N) is 4. The molecule has 4 rings (SSSR count). The zero-order valence-electron chi connectivity index (χ0n) is 16.2. The summed E-state index contributed by atoms with van der Waals surface area (Å²) >= 11 is 6.24. The van der Waals surface area contributed by atoms with Crippen LogP contribution in [0.15, 0.2) is 59.8 Å². The van der Waals surface area contributed by atoms with Crippen molar-refractivity contribution in [2.75, 3.05) is 14.2 Å². The number of ketones is 1. The lowest BCUT2D eigenvalue weighted by Crippen LogP contribution is -2.25. The average Bonchev–Trinajstić information content (AvgIpc) is 3.20. The number of Topliss-reactive ketones (excluding diaryl/α,β-unsaturated/α-hetero) is 1. The van der Waals surface area contributed by atoms with E-state index in [9.17, 15) is 9.59 Å². The Hall–Kier alpha value is -3.65. The number of carbonyl (C=O) groups excluding carboxylic acids is 1. The van der Waals surface area contributed by atoms with E-state index < -0.39 is 0 Å². The molecule has 4 aromatic rings. The van der Waals surface area contributed by atoms with Crippen LogP contribution in [-0.2, 0) is 6.54 Å². The predicted molar refractivity (Wildman–Crippen MR) is 112 cm³/mol. The van der Waals surface area contributed by atoms with Crippen LogP contribution in [0.5, 0.6) is 11.5 Å². The number of halogens is 1. The molecule has 0 saturated heterocycles. The second-order valence-electron chi connectivity index (χ2n) is 6.41. The van der Waals surface area contributed by atoms with Gasteiger partial charge in [0.15, 0.2) is 11.4 Å². The van der Waals surface area contributed by atoms with Crippen LogP contribution in [0, 0.1) is 0 Å². The maximum absolute atomic E-state index is 12.9. The minimum absolute atomic E-state index is 0.206. The highest BCUT2D eigenvalue weighted by atomic mass is 35.5. The summed E-state index contributed by atoms with van der Waals surface area (Å²) in [5, 5.41) is 5.01. The molecule has 0 bridgehead atoms. The SMILES string of the molecule is COc1ccc(OC)c(C(=O)Cn2cnc3c(cnn3-c3ccccc3Cl)c2=O)c1. The summed E-state index contributed by atoms with van der Waals surface area (Å²) in [6.07, 6.45) is 2.74. The van der Waals surface area contributed by atoms with Gasteiger partial charge in [0, 0.05) is 0 Å². The molecule has 152 valence electrons. The summed E-state index contributed by atoms with van der Waals surface area (Å²) in [6.45, 7) is -0.206. The van der Waals surface area contributed by atoms with Crippen LogP contribution >= 0.6 is 11.6 Å². The minimum atomic E-state index is -0.381. The first-order valence-corrected chi connectivity index (χ1v) is 9.34. The molecule has 0 aliphatic rings. The van der Waals surface area contributed by atoms with Crippen molar-refractivity contribution in [2.24, 2.45) is 0 Å². The Morgan fingerprint density at radius 1 is 1.13 bits per heavy atom. The van der Waals surface area contributed by atoms with E-state index in [0.29, 0.717) is 33.4 Å². The van der Waals surface area contributed by atoms with Crippen molar-refractivity contribution in [3.8, 4) is 17.2 Å². The van der Waals surface area contributed by atoms with Gasteiger partial charge in [0.05, 0.1) is 43.2 Å². The highest BCUT2D eigenvalue weighted by Gasteiger charge is 2.18. The highest BCUT2D eigenvalue weighted by molar-refractivity contribution is 6.32. The van der Waals surface area contributed by atoms with Gasteiger partial charge in [0.25, 0.3) is 5.56 Å². The quantitative estimate of drug-likeness (QED) is 0.442. The second kappa shape index (κ2) is 8.00. The first kappa shape index (κ1) is 19.7. The summed E-state index contributed by atoms with van der Waals surface area (Å²) in [5.41, 5.74) is 0.899. The molecule has 8 nitrogen and oxygen atoms in total. The number of carbonyl (C=O) groups is 1. The van der Waals surface area contributed by atoms with Gasteiger partial charge in [-0.25, -0.2) is 9.67 Å². The molecule has 9 heteroatoms. The number of rotatable bonds is 6. The van der Waals surface area contributed by atoms with E-state index in [1.807, 2.05) is 6.07 Å². The van der Waals surface area contributed by atoms with E-state index in [1.54, 1.807) is 36.4 Å². The van der Waals surface area contributed by atoms with Crippen molar-refractivity contribution < 1.29 is 14.3 Å². The Labute approximate surface area is 176 Å². The van der Waals surface area contributed by atoms with Gasteiger partial charge in [-0.05, 0) is 30.3 Å². The average molecular weight is 425 g/mol. The smallest absolute Gasteiger partial charge is 0.264 e. The molecule has 0 N–H and O–H groups in total. The zero-order valence-corrected chi connectivity index (χ0v) is 17.0. The van der Waals surface area contributed by atoms with Crippen LogP contribution in [0.2, 0.25) is 5.02 Å². The number of methoxy groups -OCH3 is 2. The summed E-state index contributed by atoms with van der Waals surface area (Å²) in [5.74, 6) is 0.600. The molecule has 0 aliphatic heterocycles. The lowest BCUT2D eigenvalue weighted by molar-refractivity contribution is 0.0967. The lowest BCUT2D eigenvalue weighted by atomic mass is 10.1. The number of hydrogen-bond donors (Lipinski definition) is 0. The summed E-state index contributed by atoms with van der Waals surface area (Å²) < 4.78 is 13.2. The Kier molecular flexibility index (Phi) is 5.24. The van der Waals surface area contributed by atoms with E-state index in [4.69, 9.17) is 21.1 Å². The first-order valence-electron chi connectivity index (χ1n) is 8.96. The van der Waals surface area contributed by atoms with Gasteiger partial charge in [0.2, 0.25) is 0 Å². The molecule has 0 unspecified atom stereocenters. The van der Waals surface area contributed by atoms with Crippen molar-refractivity contribution in [1.82, 2.24) is 19.3 Å².